The van der Waals surface area contributed by atoms with Gasteiger partial charge in [-0.25, -0.2) is 0 Å². The Kier molecular flexibility index (Phi) is 8.88. The lowest BCUT2D eigenvalue weighted by Crippen LogP contribution is -2.50. The van der Waals surface area contributed by atoms with E-state index < -0.39 is 4.92 Å². The molecule has 5 rings (SSSR count). The van der Waals surface area contributed by atoms with Crippen molar-refractivity contribution in [2.75, 3.05) is 0 Å². The largest absolute Gasteiger partial charge is 0.393 e. The van der Waals surface area contributed by atoms with E-state index in [1.54, 1.807) is 23.8 Å². The number of nitrogens with zero attached hydrogens (tertiary/aromatic N) is 1. The summed E-state index contributed by atoms with van der Waals surface area (Å²) in [5.74, 6) is 5.46. The highest BCUT2D eigenvalue weighted by Gasteiger charge is 2.59. The van der Waals surface area contributed by atoms with Crippen molar-refractivity contribution in [3.8, 4) is 0 Å². The Morgan fingerprint density at radius 2 is 1.73 bits per heavy atom. The summed E-state index contributed by atoms with van der Waals surface area (Å²) in [7, 11) is 0. The van der Waals surface area contributed by atoms with Crippen LogP contribution in [0.4, 0.5) is 5.69 Å². The van der Waals surface area contributed by atoms with Crippen LogP contribution in [0.2, 0.25) is 0 Å². The minimum atomic E-state index is -0.417. The molecule has 8 atom stereocenters. The molecule has 0 heterocycles. The Labute approximate surface area is 225 Å². The van der Waals surface area contributed by atoms with E-state index >= 15 is 0 Å². The van der Waals surface area contributed by atoms with Crippen molar-refractivity contribution in [2.24, 2.45) is 46.3 Å². The fourth-order valence-electron chi connectivity index (χ4n) is 9.22. The molecule has 4 aliphatic carbocycles. The molecule has 206 valence electrons. The summed E-state index contributed by atoms with van der Waals surface area (Å²) in [6, 6.07) is 7.93. The summed E-state index contributed by atoms with van der Waals surface area (Å²) >= 11 is 0. The maximum atomic E-state index is 10.2. The molecule has 0 spiro atoms. The lowest BCUT2D eigenvalue weighted by Gasteiger charge is -2.58. The van der Waals surface area contributed by atoms with Crippen molar-refractivity contribution in [2.45, 2.75) is 111 Å². The zero-order valence-electron chi connectivity index (χ0n) is 24.0. The molecule has 0 saturated heterocycles. The number of allylic oxidation sites excluding steroid dienone is 1. The van der Waals surface area contributed by atoms with Gasteiger partial charge in [-0.15, -0.1) is 0 Å². The van der Waals surface area contributed by atoms with E-state index in [1.807, 2.05) is 0 Å². The second kappa shape index (κ2) is 11.6. The van der Waals surface area contributed by atoms with Gasteiger partial charge in [0.1, 0.15) is 0 Å². The molecule has 4 aliphatic rings. The van der Waals surface area contributed by atoms with Gasteiger partial charge in [-0.05, 0) is 97.7 Å². The van der Waals surface area contributed by atoms with Crippen molar-refractivity contribution < 1.29 is 10.0 Å². The number of benzene rings is 1. The number of hydrogen-bond acceptors (Lipinski definition) is 3. The number of nitro groups is 1. The minimum absolute atomic E-state index is 0.0766. The highest BCUT2D eigenvalue weighted by atomic mass is 16.6. The summed E-state index contributed by atoms with van der Waals surface area (Å²) in [5.41, 5.74) is 2.74. The monoisotopic (exact) mass is 509 g/mol. The van der Waals surface area contributed by atoms with E-state index in [0.29, 0.717) is 10.8 Å². The third kappa shape index (κ3) is 5.84. The van der Waals surface area contributed by atoms with Crippen molar-refractivity contribution in [3.63, 3.8) is 0 Å². The summed E-state index contributed by atoms with van der Waals surface area (Å²) in [6.45, 7) is 12.6. The van der Waals surface area contributed by atoms with Gasteiger partial charge in [0.15, 0.2) is 0 Å². The lowest BCUT2D eigenvalue weighted by atomic mass is 9.47. The summed E-state index contributed by atoms with van der Waals surface area (Å²) < 4.78 is 0. The Morgan fingerprint density at radius 1 is 1.00 bits per heavy atom. The van der Waals surface area contributed by atoms with Crippen LogP contribution in [0.5, 0.6) is 0 Å². The van der Waals surface area contributed by atoms with Crippen LogP contribution >= 0.6 is 0 Å². The van der Waals surface area contributed by atoms with E-state index in [-0.39, 0.29) is 11.8 Å². The average Bonchev–Trinajstić information content (AvgIpc) is 3.22. The number of aliphatic hydroxyl groups excluding tert-OH is 1. The highest BCUT2D eigenvalue weighted by Crippen LogP contribution is 2.67. The summed E-state index contributed by atoms with van der Waals surface area (Å²) in [5, 5.41) is 20.2. The number of non-ortho nitro benzene ring substituents is 1. The molecule has 0 aromatic heterocycles. The molecule has 1 aromatic carbocycles. The molecule has 1 aromatic rings. The normalized spacial score (nSPS) is 37.4. The Bertz CT molecular complexity index is 942. The van der Waals surface area contributed by atoms with Gasteiger partial charge in [0, 0.05) is 12.1 Å². The Morgan fingerprint density at radius 3 is 2.38 bits per heavy atom. The number of fused-ring (bicyclic) bond motifs is 5. The third-order valence-electron chi connectivity index (χ3n) is 11.2. The number of nitro benzene ring substituents is 1. The molecule has 0 aliphatic heterocycles. The number of aliphatic hydroxyl groups is 1. The SMILES string of the molecule is CC(C)CCCC(C)[C@H]1CC[C@H]2[C@@H]3CC=C4C[C@@H](O)CC[C@]4(C)[C@H]3CC[C@]12C.O=[N+]([O-])c1ccccc1. The van der Waals surface area contributed by atoms with Crippen LogP contribution < -0.4 is 0 Å². The summed E-state index contributed by atoms with van der Waals surface area (Å²) in [6.07, 6.45) is 17.2. The number of hydrogen-bond donors (Lipinski definition) is 1. The highest BCUT2D eigenvalue weighted by molar-refractivity contribution is 5.28. The topological polar surface area (TPSA) is 63.4 Å². The van der Waals surface area contributed by atoms with Crippen molar-refractivity contribution in [3.05, 3.63) is 52.1 Å². The fraction of sp³-hybridized carbons (Fsp3) is 0.758. The van der Waals surface area contributed by atoms with E-state index in [0.717, 1.165) is 48.3 Å². The minimum Gasteiger partial charge on any atom is -0.393 e. The predicted octanol–water partition coefficient (Wildman–Crippen LogP) is 8.98. The van der Waals surface area contributed by atoms with Gasteiger partial charge >= 0.3 is 0 Å². The molecule has 4 heteroatoms. The molecule has 0 bridgehead atoms. The Balaban J connectivity index is 0.000000301. The van der Waals surface area contributed by atoms with Crippen LogP contribution in [0.15, 0.2) is 42.0 Å². The molecular formula is C33H51NO3. The van der Waals surface area contributed by atoms with Crippen molar-refractivity contribution in [1.82, 2.24) is 0 Å². The lowest BCUT2D eigenvalue weighted by molar-refractivity contribution is -0.384. The molecule has 0 radical (unpaired) electrons. The van der Waals surface area contributed by atoms with Crippen LogP contribution in [0.25, 0.3) is 0 Å². The van der Waals surface area contributed by atoms with Gasteiger partial charge in [0.2, 0.25) is 0 Å². The first-order chi connectivity index (χ1) is 17.6. The summed E-state index contributed by atoms with van der Waals surface area (Å²) in [4.78, 5) is 9.59. The van der Waals surface area contributed by atoms with Crippen LogP contribution in [-0.4, -0.2) is 16.1 Å². The Hall–Kier alpha value is -1.68. The van der Waals surface area contributed by atoms with E-state index in [1.165, 1.54) is 69.9 Å². The first-order valence-corrected chi connectivity index (χ1v) is 15.1. The molecular weight excluding hydrogens is 458 g/mol. The van der Waals surface area contributed by atoms with Gasteiger partial charge in [-0.2, -0.15) is 0 Å². The first kappa shape index (κ1) is 28.3. The van der Waals surface area contributed by atoms with E-state index in [4.69, 9.17) is 0 Å². The predicted molar refractivity (Wildman–Crippen MR) is 152 cm³/mol. The maximum Gasteiger partial charge on any atom is 0.269 e. The van der Waals surface area contributed by atoms with Crippen molar-refractivity contribution in [1.29, 1.82) is 0 Å². The number of rotatable bonds is 6. The molecule has 1 unspecified atom stereocenters. The first-order valence-electron chi connectivity index (χ1n) is 15.1. The van der Waals surface area contributed by atoms with E-state index in [9.17, 15) is 15.2 Å². The van der Waals surface area contributed by atoms with Gasteiger partial charge in [0.25, 0.3) is 5.69 Å². The van der Waals surface area contributed by atoms with Crippen LogP contribution in [0.3, 0.4) is 0 Å². The van der Waals surface area contributed by atoms with Gasteiger partial charge < -0.3 is 5.11 Å². The molecule has 1 N–H and O–H groups in total. The average molecular weight is 510 g/mol. The second-order valence-corrected chi connectivity index (χ2v) is 13.8. The van der Waals surface area contributed by atoms with Gasteiger partial charge in [0.05, 0.1) is 11.0 Å². The fourth-order valence-corrected chi connectivity index (χ4v) is 9.22. The maximum absolute atomic E-state index is 10.2. The third-order valence-corrected chi connectivity index (χ3v) is 11.2. The van der Waals surface area contributed by atoms with Crippen LogP contribution in [-0.2, 0) is 0 Å². The quantitative estimate of drug-likeness (QED) is 0.236. The van der Waals surface area contributed by atoms with Gasteiger partial charge in [-0.1, -0.05) is 83.7 Å². The molecule has 37 heavy (non-hydrogen) atoms. The second-order valence-electron chi connectivity index (χ2n) is 13.8. The molecule has 4 nitrogen and oxygen atoms in total. The van der Waals surface area contributed by atoms with E-state index in [2.05, 4.69) is 40.7 Å². The van der Waals surface area contributed by atoms with Crippen LogP contribution in [0.1, 0.15) is 105 Å². The molecule has 0 amide bonds. The van der Waals surface area contributed by atoms with Crippen molar-refractivity contribution >= 4 is 5.69 Å². The molecule has 3 fully saturated rings. The van der Waals surface area contributed by atoms with Crippen LogP contribution in [0, 0.1) is 56.5 Å². The standard InChI is InChI=1S/C27H46O.C6H5NO2/c1-18(2)7-6-8-19(3)23-11-12-24-22-10-9-20-17-21(28)13-15-26(20,4)25(22)14-16-27(23,24)5;8-7(9)6-4-2-1-3-5-6/h9,18-19,21-25,28H,6-8,10-17H2,1-5H3;1-5H/t19?,21-,22-,23+,24-,25-,26-,27+;/m0./s1. The zero-order valence-corrected chi connectivity index (χ0v) is 24.0. The van der Waals surface area contributed by atoms with Gasteiger partial charge in [-0.3, -0.25) is 10.1 Å². The molecule has 3 saturated carbocycles. The zero-order chi connectivity index (χ0) is 26.8. The smallest absolute Gasteiger partial charge is 0.269 e. The number of para-hydroxylation sites is 1.